The van der Waals surface area contributed by atoms with Crippen LogP contribution in [0.2, 0.25) is 0 Å². The third-order valence-corrected chi connectivity index (χ3v) is 3.36. The van der Waals surface area contributed by atoms with Crippen LogP contribution in [0.3, 0.4) is 0 Å². The average molecular weight is 246 g/mol. The average Bonchev–Trinajstić information content (AvgIpc) is 2.65. The van der Waals surface area contributed by atoms with Gasteiger partial charge in [0, 0.05) is 18.4 Å². The maximum absolute atomic E-state index is 13.6. The van der Waals surface area contributed by atoms with Crippen LogP contribution in [-0.2, 0) is 4.74 Å². The minimum atomic E-state index is -0.795. The van der Waals surface area contributed by atoms with E-state index in [-0.39, 0.29) is 25.4 Å². The highest BCUT2D eigenvalue weighted by Gasteiger charge is 2.38. The molecule has 0 spiro atoms. The van der Waals surface area contributed by atoms with Crippen LogP contribution >= 0.6 is 0 Å². The molecule has 0 saturated carbocycles. The van der Waals surface area contributed by atoms with E-state index in [1.54, 1.807) is 6.92 Å². The van der Waals surface area contributed by atoms with Gasteiger partial charge in [-0.2, -0.15) is 0 Å². The molecule has 2 unspecified atom stereocenters. The molecule has 0 amide bonds. The molecule has 4 atom stereocenters. The van der Waals surface area contributed by atoms with Crippen molar-refractivity contribution in [3.05, 3.63) is 23.3 Å². The molecule has 3 nitrogen and oxygen atoms in total. The first kappa shape index (κ1) is 12.7. The maximum Gasteiger partial charge on any atom is 0.127 e. The Balaban J connectivity index is 2.16. The van der Waals surface area contributed by atoms with E-state index in [4.69, 9.17) is 9.84 Å². The zero-order valence-electron chi connectivity index (χ0n) is 9.57. The van der Waals surface area contributed by atoms with Crippen LogP contribution in [-0.4, -0.2) is 35.1 Å². The predicted octanol–water partition coefficient (Wildman–Crippen LogP) is 1.61. The normalized spacial score (nSPS) is 38.5. The van der Waals surface area contributed by atoms with Crippen molar-refractivity contribution in [3.63, 3.8) is 0 Å². The Morgan fingerprint density at radius 3 is 2.76 bits per heavy atom. The largest absolute Gasteiger partial charge is 0.394 e. The Kier molecular flexibility index (Phi) is 3.61. The molecule has 0 bridgehead atoms. The highest BCUT2D eigenvalue weighted by molar-refractivity contribution is 5.31. The SMILES string of the molecule is CC1CC([C@H]2CC(O)[C@@H](CO)O2)=C(F)C=C1F. The van der Waals surface area contributed by atoms with E-state index in [9.17, 15) is 13.9 Å². The Labute approximate surface area is 98.4 Å². The molecule has 1 aliphatic heterocycles. The van der Waals surface area contributed by atoms with Crippen LogP contribution in [0.4, 0.5) is 8.78 Å². The third kappa shape index (κ3) is 2.41. The molecule has 5 heteroatoms. The van der Waals surface area contributed by atoms with Crippen LogP contribution in [0.25, 0.3) is 0 Å². The quantitative estimate of drug-likeness (QED) is 0.778. The predicted molar refractivity (Wildman–Crippen MR) is 57.5 cm³/mol. The van der Waals surface area contributed by atoms with E-state index < -0.39 is 30.0 Å². The lowest BCUT2D eigenvalue weighted by Gasteiger charge is -2.22. The first-order valence-electron chi connectivity index (χ1n) is 5.73. The van der Waals surface area contributed by atoms with Crippen molar-refractivity contribution in [2.75, 3.05) is 6.61 Å². The van der Waals surface area contributed by atoms with Gasteiger partial charge < -0.3 is 14.9 Å². The summed E-state index contributed by atoms with van der Waals surface area (Å²) in [6.45, 7) is 1.37. The molecular weight excluding hydrogens is 230 g/mol. The number of aliphatic hydroxyl groups excluding tert-OH is 2. The van der Waals surface area contributed by atoms with Crippen molar-refractivity contribution in [2.24, 2.45) is 5.92 Å². The summed E-state index contributed by atoms with van der Waals surface area (Å²) in [5, 5.41) is 18.5. The molecule has 0 radical (unpaired) electrons. The Hall–Kier alpha value is -0.780. The van der Waals surface area contributed by atoms with Crippen LogP contribution in [0, 0.1) is 5.92 Å². The van der Waals surface area contributed by atoms with Crippen molar-refractivity contribution in [1.29, 1.82) is 0 Å². The summed E-state index contributed by atoms with van der Waals surface area (Å²) in [6, 6.07) is 0. The zero-order chi connectivity index (χ0) is 12.6. The summed E-state index contributed by atoms with van der Waals surface area (Å²) in [4.78, 5) is 0. The highest BCUT2D eigenvalue weighted by Crippen LogP contribution is 2.37. The second-order valence-corrected chi connectivity index (χ2v) is 4.66. The molecule has 1 aliphatic carbocycles. The summed E-state index contributed by atoms with van der Waals surface area (Å²) in [5.74, 6) is -1.45. The number of allylic oxidation sites excluding steroid dienone is 3. The van der Waals surface area contributed by atoms with Crippen molar-refractivity contribution >= 4 is 0 Å². The monoisotopic (exact) mass is 246 g/mol. The summed E-state index contributed by atoms with van der Waals surface area (Å²) in [7, 11) is 0. The number of ether oxygens (including phenoxy) is 1. The van der Waals surface area contributed by atoms with Gasteiger partial charge in [0.15, 0.2) is 0 Å². The number of rotatable bonds is 2. The van der Waals surface area contributed by atoms with Gasteiger partial charge in [0.05, 0.1) is 18.8 Å². The summed E-state index contributed by atoms with van der Waals surface area (Å²) < 4.78 is 32.2. The van der Waals surface area contributed by atoms with E-state index >= 15 is 0 Å². The second-order valence-electron chi connectivity index (χ2n) is 4.66. The van der Waals surface area contributed by atoms with Crippen LogP contribution in [0.1, 0.15) is 19.8 Å². The van der Waals surface area contributed by atoms with Crippen LogP contribution < -0.4 is 0 Å². The summed E-state index contributed by atoms with van der Waals surface area (Å²) in [6.07, 6.45) is -0.651. The molecule has 1 saturated heterocycles. The van der Waals surface area contributed by atoms with Crippen molar-refractivity contribution in [2.45, 2.75) is 38.1 Å². The molecule has 2 N–H and O–H groups in total. The van der Waals surface area contributed by atoms with E-state index in [0.717, 1.165) is 6.08 Å². The molecule has 0 aromatic heterocycles. The number of aliphatic hydroxyl groups is 2. The first-order chi connectivity index (χ1) is 8.02. The molecule has 1 heterocycles. The van der Waals surface area contributed by atoms with E-state index in [0.29, 0.717) is 5.57 Å². The fourth-order valence-electron chi connectivity index (χ4n) is 2.28. The Morgan fingerprint density at radius 1 is 1.47 bits per heavy atom. The molecule has 17 heavy (non-hydrogen) atoms. The third-order valence-electron chi connectivity index (χ3n) is 3.36. The molecule has 0 aromatic rings. The van der Waals surface area contributed by atoms with Gasteiger partial charge in [-0.15, -0.1) is 0 Å². The van der Waals surface area contributed by atoms with Crippen molar-refractivity contribution < 1.29 is 23.7 Å². The molecule has 96 valence electrons. The van der Waals surface area contributed by atoms with Crippen LogP contribution in [0.5, 0.6) is 0 Å². The van der Waals surface area contributed by atoms with Gasteiger partial charge in [-0.05, 0) is 12.0 Å². The number of hydrogen-bond acceptors (Lipinski definition) is 3. The highest BCUT2D eigenvalue weighted by atomic mass is 19.1. The van der Waals surface area contributed by atoms with Crippen LogP contribution in [0.15, 0.2) is 23.3 Å². The lowest BCUT2D eigenvalue weighted by atomic mass is 9.89. The maximum atomic E-state index is 13.6. The van der Waals surface area contributed by atoms with Gasteiger partial charge in [-0.25, -0.2) is 8.78 Å². The Morgan fingerprint density at radius 2 is 2.18 bits per heavy atom. The lowest BCUT2D eigenvalue weighted by Crippen LogP contribution is -2.24. The zero-order valence-corrected chi connectivity index (χ0v) is 9.57. The lowest BCUT2D eigenvalue weighted by molar-refractivity contribution is -0.0146. The smallest absolute Gasteiger partial charge is 0.127 e. The fraction of sp³-hybridized carbons (Fsp3) is 0.667. The van der Waals surface area contributed by atoms with E-state index in [2.05, 4.69) is 0 Å². The number of halogens is 2. The van der Waals surface area contributed by atoms with Gasteiger partial charge in [-0.1, -0.05) is 6.92 Å². The molecule has 2 rings (SSSR count). The van der Waals surface area contributed by atoms with Gasteiger partial charge in [0.25, 0.3) is 0 Å². The summed E-state index contributed by atoms with van der Waals surface area (Å²) >= 11 is 0. The molecule has 2 aliphatic rings. The summed E-state index contributed by atoms with van der Waals surface area (Å²) in [5.41, 5.74) is 0.383. The van der Waals surface area contributed by atoms with Gasteiger partial charge in [0.1, 0.15) is 17.8 Å². The minimum Gasteiger partial charge on any atom is -0.394 e. The Bertz CT molecular complexity index is 365. The second kappa shape index (κ2) is 4.84. The molecule has 1 fully saturated rings. The fourth-order valence-corrected chi connectivity index (χ4v) is 2.28. The topological polar surface area (TPSA) is 49.7 Å². The van der Waals surface area contributed by atoms with Crippen molar-refractivity contribution in [1.82, 2.24) is 0 Å². The van der Waals surface area contributed by atoms with Gasteiger partial charge in [-0.3, -0.25) is 0 Å². The van der Waals surface area contributed by atoms with E-state index in [1.807, 2.05) is 0 Å². The number of hydrogen-bond donors (Lipinski definition) is 2. The van der Waals surface area contributed by atoms with Crippen molar-refractivity contribution in [3.8, 4) is 0 Å². The van der Waals surface area contributed by atoms with Gasteiger partial charge in [0.2, 0.25) is 0 Å². The van der Waals surface area contributed by atoms with E-state index in [1.165, 1.54) is 0 Å². The standard InChI is InChI=1S/C12H16F2O3/c1-6-2-7(9(14)3-8(6)13)11-4-10(16)12(5-15)17-11/h3,6,10-12,15-16H,2,4-5H2,1H3/t6?,10?,11-,12-/m1/s1. The first-order valence-corrected chi connectivity index (χ1v) is 5.73. The molecular formula is C12H16F2O3. The molecule has 0 aromatic carbocycles. The minimum absolute atomic E-state index is 0.246. The van der Waals surface area contributed by atoms with Gasteiger partial charge >= 0.3 is 0 Å².